The van der Waals surface area contributed by atoms with Gasteiger partial charge in [0.25, 0.3) is 0 Å². The van der Waals surface area contributed by atoms with Crippen molar-refractivity contribution in [2.24, 2.45) is 0 Å². The Balaban J connectivity index is 1.63. The highest BCUT2D eigenvalue weighted by Crippen LogP contribution is 2.02. The van der Waals surface area contributed by atoms with E-state index in [1.165, 1.54) is 6.08 Å². The van der Waals surface area contributed by atoms with Crippen LogP contribution in [0.4, 0.5) is 0 Å². The number of carbonyl (C=O) groups excluding carboxylic acids is 1. The van der Waals surface area contributed by atoms with Crippen molar-refractivity contribution < 1.29 is 13.7 Å². The van der Waals surface area contributed by atoms with E-state index in [1.807, 2.05) is 0 Å². The van der Waals surface area contributed by atoms with Crippen LogP contribution in [0.2, 0.25) is 0 Å². The average Bonchev–Trinajstić information content (AvgIpc) is 3.04. The fraction of sp³-hybridized carbons (Fsp3) is 0.231. The zero-order valence-electron chi connectivity index (χ0n) is 9.83. The van der Waals surface area contributed by atoms with Gasteiger partial charge in [-0.1, -0.05) is 5.16 Å². The van der Waals surface area contributed by atoms with Gasteiger partial charge in [0.05, 0.1) is 12.5 Å². The van der Waals surface area contributed by atoms with Gasteiger partial charge in [0.15, 0.2) is 0 Å². The van der Waals surface area contributed by atoms with E-state index in [1.54, 1.807) is 36.9 Å². The lowest BCUT2D eigenvalue weighted by Crippen LogP contribution is -2.22. The lowest BCUT2D eigenvalue weighted by molar-refractivity contribution is -0.116. The van der Waals surface area contributed by atoms with Crippen LogP contribution in [0.25, 0.3) is 6.08 Å². The molecule has 5 heteroatoms. The maximum absolute atomic E-state index is 11.4. The standard InChI is InChI=1S/C13H14N2O3/c16-13(6-5-12-4-2-8-17-12)14-7-1-3-11-9-15-18-10-11/h2,4-6,8-10H,1,3,7H2,(H,14,16)/b6-5+. The molecule has 0 fully saturated rings. The summed E-state index contributed by atoms with van der Waals surface area (Å²) in [7, 11) is 0. The summed E-state index contributed by atoms with van der Waals surface area (Å²) in [5, 5.41) is 6.40. The number of rotatable bonds is 6. The summed E-state index contributed by atoms with van der Waals surface area (Å²) in [6.45, 7) is 0.618. The minimum Gasteiger partial charge on any atom is -0.465 e. The minimum absolute atomic E-state index is 0.128. The summed E-state index contributed by atoms with van der Waals surface area (Å²) in [4.78, 5) is 11.4. The SMILES string of the molecule is O=C(/C=C/c1ccco1)NCCCc1cnoc1. The summed E-state index contributed by atoms with van der Waals surface area (Å²) in [6, 6.07) is 3.56. The van der Waals surface area contributed by atoms with Crippen LogP contribution in [-0.4, -0.2) is 17.6 Å². The molecule has 0 aromatic carbocycles. The molecule has 0 bridgehead atoms. The van der Waals surface area contributed by atoms with E-state index in [4.69, 9.17) is 8.94 Å². The Morgan fingerprint density at radius 3 is 3.17 bits per heavy atom. The van der Waals surface area contributed by atoms with Gasteiger partial charge in [-0.2, -0.15) is 0 Å². The van der Waals surface area contributed by atoms with Gasteiger partial charge in [-0.3, -0.25) is 4.79 Å². The molecule has 5 nitrogen and oxygen atoms in total. The van der Waals surface area contributed by atoms with Crippen LogP contribution in [0, 0.1) is 0 Å². The molecular formula is C13H14N2O3. The Labute approximate surface area is 104 Å². The summed E-state index contributed by atoms with van der Waals surface area (Å²) < 4.78 is 9.79. The molecule has 1 N–H and O–H groups in total. The van der Waals surface area contributed by atoms with Crippen LogP contribution in [0.1, 0.15) is 17.7 Å². The maximum atomic E-state index is 11.4. The van der Waals surface area contributed by atoms with Crippen molar-refractivity contribution >= 4 is 12.0 Å². The third-order valence-electron chi connectivity index (χ3n) is 2.37. The predicted molar refractivity (Wildman–Crippen MR) is 65.6 cm³/mol. The van der Waals surface area contributed by atoms with E-state index < -0.39 is 0 Å². The highest BCUT2D eigenvalue weighted by molar-refractivity contribution is 5.91. The Morgan fingerprint density at radius 2 is 2.44 bits per heavy atom. The number of hydrogen-bond acceptors (Lipinski definition) is 4. The second-order valence-corrected chi connectivity index (χ2v) is 3.78. The molecule has 0 unspecified atom stereocenters. The fourth-order valence-electron chi connectivity index (χ4n) is 1.46. The molecular weight excluding hydrogens is 232 g/mol. The van der Waals surface area contributed by atoms with Crippen LogP contribution in [0.5, 0.6) is 0 Å². The van der Waals surface area contributed by atoms with Crippen molar-refractivity contribution in [3.63, 3.8) is 0 Å². The number of aryl methyl sites for hydroxylation is 1. The van der Waals surface area contributed by atoms with Crippen molar-refractivity contribution in [1.29, 1.82) is 0 Å². The topological polar surface area (TPSA) is 68.3 Å². The molecule has 0 radical (unpaired) electrons. The summed E-state index contributed by atoms with van der Waals surface area (Å²) >= 11 is 0. The molecule has 0 saturated carbocycles. The van der Waals surface area contributed by atoms with Gasteiger partial charge < -0.3 is 14.3 Å². The van der Waals surface area contributed by atoms with Crippen molar-refractivity contribution in [2.75, 3.05) is 6.54 Å². The lowest BCUT2D eigenvalue weighted by Gasteiger charge is -2.00. The highest BCUT2D eigenvalue weighted by Gasteiger charge is 1.98. The number of nitrogens with zero attached hydrogens (tertiary/aromatic N) is 1. The maximum Gasteiger partial charge on any atom is 0.244 e. The Hall–Kier alpha value is -2.30. The van der Waals surface area contributed by atoms with Crippen LogP contribution in [-0.2, 0) is 11.2 Å². The Morgan fingerprint density at radius 1 is 1.50 bits per heavy atom. The number of nitrogens with one attached hydrogen (secondary N) is 1. The number of carbonyl (C=O) groups is 1. The van der Waals surface area contributed by atoms with Crippen LogP contribution in [0.3, 0.4) is 0 Å². The summed E-state index contributed by atoms with van der Waals surface area (Å²) in [5.74, 6) is 0.534. The molecule has 94 valence electrons. The second-order valence-electron chi connectivity index (χ2n) is 3.78. The van der Waals surface area contributed by atoms with Crippen molar-refractivity contribution in [2.45, 2.75) is 12.8 Å². The molecule has 0 aliphatic heterocycles. The van der Waals surface area contributed by atoms with Crippen LogP contribution < -0.4 is 5.32 Å². The van der Waals surface area contributed by atoms with Crippen LogP contribution >= 0.6 is 0 Å². The Kier molecular flexibility index (Phi) is 4.35. The van der Waals surface area contributed by atoms with E-state index in [-0.39, 0.29) is 5.91 Å². The van der Waals surface area contributed by atoms with Gasteiger partial charge in [-0.05, 0) is 31.1 Å². The highest BCUT2D eigenvalue weighted by atomic mass is 16.5. The van der Waals surface area contributed by atoms with E-state index in [0.29, 0.717) is 12.3 Å². The molecule has 0 aliphatic carbocycles. The van der Waals surface area contributed by atoms with Gasteiger partial charge in [0.1, 0.15) is 12.0 Å². The number of amides is 1. The molecule has 0 aliphatic rings. The van der Waals surface area contributed by atoms with Gasteiger partial charge in [-0.15, -0.1) is 0 Å². The van der Waals surface area contributed by atoms with Crippen molar-refractivity contribution in [1.82, 2.24) is 10.5 Å². The van der Waals surface area contributed by atoms with E-state index in [2.05, 4.69) is 10.5 Å². The van der Waals surface area contributed by atoms with Crippen molar-refractivity contribution in [3.8, 4) is 0 Å². The predicted octanol–water partition coefficient (Wildman–Crippen LogP) is 2.03. The monoisotopic (exact) mass is 246 g/mol. The molecule has 0 atom stereocenters. The van der Waals surface area contributed by atoms with Gasteiger partial charge in [0, 0.05) is 18.2 Å². The largest absolute Gasteiger partial charge is 0.465 e. The first kappa shape index (κ1) is 12.2. The third kappa shape index (κ3) is 3.93. The normalized spacial score (nSPS) is 10.9. The third-order valence-corrected chi connectivity index (χ3v) is 2.37. The van der Waals surface area contributed by atoms with Gasteiger partial charge >= 0.3 is 0 Å². The molecule has 2 rings (SSSR count). The molecule has 2 aromatic heterocycles. The Bertz CT molecular complexity index is 486. The number of aromatic nitrogens is 1. The second kappa shape index (κ2) is 6.44. The first-order valence-corrected chi connectivity index (χ1v) is 5.72. The molecule has 18 heavy (non-hydrogen) atoms. The first-order valence-electron chi connectivity index (χ1n) is 5.72. The van der Waals surface area contributed by atoms with E-state index in [0.717, 1.165) is 18.4 Å². The van der Waals surface area contributed by atoms with E-state index in [9.17, 15) is 4.79 Å². The first-order chi connectivity index (χ1) is 8.84. The number of furan rings is 1. The van der Waals surface area contributed by atoms with Gasteiger partial charge in [0.2, 0.25) is 5.91 Å². The fourth-order valence-corrected chi connectivity index (χ4v) is 1.46. The summed E-state index contributed by atoms with van der Waals surface area (Å²) in [5.41, 5.74) is 1.04. The van der Waals surface area contributed by atoms with Crippen molar-refractivity contribution in [3.05, 3.63) is 48.3 Å². The quantitative estimate of drug-likeness (QED) is 0.625. The molecule has 2 aromatic rings. The zero-order valence-corrected chi connectivity index (χ0v) is 9.83. The summed E-state index contributed by atoms with van der Waals surface area (Å²) in [6.07, 6.45) is 9.63. The van der Waals surface area contributed by atoms with E-state index >= 15 is 0 Å². The minimum atomic E-state index is -0.128. The van der Waals surface area contributed by atoms with Crippen LogP contribution in [0.15, 0.2) is 45.9 Å². The lowest BCUT2D eigenvalue weighted by atomic mass is 10.2. The molecule has 1 amide bonds. The molecule has 2 heterocycles. The van der Waals surface area contributed by atoms with Gasteiger partial charge in [-0.25, -0.2) is 0 Å². The molecule has 0 spiro atoms. The zero-order chi connectivity index (χ0) is 12.6. The smallest absolute Gasteiger partial charge is 0.244 e. The number of hydrogen-bond donors (Lipinski definition) is 1. The molecule has 0 saturated heterocycles. The average molecular weight is 246 g/mol.